The van der Waals surface area contributed by atoms with E-state index in [4.69, 9.17) is 4.74 Å². The number of methoxy groups -OCH3 is 1. The maximum absolute atomic E-state index is 11.7. The molecule has 4 heteroatoms. The molecule has 1 aromatic heterocycles. The molecule has 3 rings (SSSR count). The van der Waals surface area contributed by atoms with Crippen LogP contribution in [0.25, 0.3) is 10.9 Å². The molecule has 106 valence electrons. The van der Waals surface area contributed by atoms with Gasteiger partial charge >= 0.3 is 5.97 Å². The molecule has 1 aliphatic rings. The Bertz CT molecular complexity index is 701. The van der Waals surface area contributed by atoms with Gasteiger partial charge in [0.15, 0.2) is 0 Å². The van der Waals surface area contributed by atoms with Crippen molar-refractivity contribution in [2.75, 3.05) is 7.11 Å². The van der Waals surface area contributed by atoms with Crippen LogP contribution in [0, 0.1) is 6.92 Å². The molecule has 0 fully saturated rings. The lowest BCUT2D eigenvalue weighted by molar-refractivity contribution is -0.143. The summed E-state index contributed by atoms with van der Waals surface area (Å²) in [6, 6.07) is 4.09. The van der Waals surface area contributed by atoms with Crippen molar-refractivity contribution in [3.05, 3.63) is 29.0 Å². The van der Waals surface area contributed by atoms with E-state index in [2.05, 4.69) is 11.1 Å². The number of aromatic amines is 1. The third-order valence-electron chi connectivity index (χ3n) is 4.47. The molecule has 1 aliphatic carbocycles. The predicted octanol–water partition coefficient (Wildman–Crippen LogP) is 3.16. The third kappa shape index (κ3) is 1.64. The minimum atomic E-state index is -0.828. The van der Waals surface area contributed by atoms with Gasteiger partial charge in [0.25, 0.3) is 0 Å². The number of hydrogen-bond acceptors (Lipinski definition) is 2. The Morgan fingerprint density at radius 2 is 2.20 bits per heavy atom. The van der Waals surface area contributed by atoms with Crippen LogP contribution in [0.2, 0.25) is 0 Å². The Labute approximate surface area is 117 Å². The van der Waals surface area contributed by atoms with Gasteiger partial charge in [0.2, 0.25) is 0 Å². The minimum absolute atomic E-state index is 0.670. The van der Waals surface area contributed by atoms with Crippen LogP contribution >= 0.6 is 0 Å². The molecule has 20 heavy (non-hydrogen) atoms. The van der Waals surface area contributed by atoms with Gasteiger partial charge in [-0.05, 0) is 56.4 Å². The van der Waals surface area contributed by atoms with Crippen LogP contribution in [-0.2, 0) is 16.6 Å². The first-order valence-electron chi connectivity index (χ1n) is 6.90. The van der Waals surface area contributed by atoms with Gasteiger partial charge < -0.3 is 14.8 Å². The van der Waals surface area contributed by atoms with Crippen LogP contribution in [-0.4, -0.2) is 23.2 Å². The summed E-state index contributed by atoms with van der Waals surface area (Å²) in [5, 5.41) is 10.7. The smallest absolute Gasteiger partial charge is 0.315 e. The number of aliphatic carboxylic acids is 1. The second kappa shape index (κ2) is 4.27. The van der Waals surface area contributed by atoms with E-state index in [-0.39, 0.29) is 0 Å². The maximum Gasteiger partial charge on any atom is 0.315 e. The highest BCUT2D eigenvalue weighted by molar-refractivity contribution is 5.93. The Morgan fingerprint density at radius 3 is 2.85 bits per heavy atom. The summed E-state index contributed by atoms with van der Waals surface area (Å²) in [5.41, 5.74) is 3.19. The molecule has 1 heterocycles. The first-order chi connectivity index (χ1) is 9.47. The molecule has 0 bridgehead atoms. The van der Waals surface area contributed by atoms with Crippen molar-refractivity contribution >= 4 is 16.9 Å². The van der Waals surface area contributed by atoms with Gasteiger partial charge in [0.1, 0.15) is 11.2 Å². The first-order valence-corrected chi connectivity index (χ1v) is 6.90. The number of carbonyl (C=O) groups is 1. The molecule has 0 saturated heterocycles. The number of fused-ring (bicyclic) bond motifs is 3. The largest absolute Gasteiger partial charge is 0.495 e. The van der Waals surface area contributed by atoms with E-state index < -0.39 is 11.4 Å². The normalized spacial score (nSPS) is 21.8. The summed E-state index contributed by atoms with van der Waals surface area (Å²) in [4.78, 5) is 15.0. The molecule has 0 aliphatic heterocycles. The van der Waals surface area contributed by atoms with Gasteiger partial charge in [-0.2, -0.15) is 0 Å². The van der Waals surface area contributed by atoms with Crippen molar-refractivity contribution in [1.82, 2.24) is 4.98 Å². The molecule has 0 radical (unpaired) electrons. The molecular formula is C16H19NO3. The quantitative estimate of drug-likeness (QED) is 0.883. The van der Waals surface area contributed by atoms with Crippen LogP contribution in [0.4, 0.5) is 0 Å². The van der Waals surface area contributed by atoms with Crippen LogP contribution in [0.5, 0.6) is 5.75 Å². The summed E-state index contributed by atoms with van der Waals surface area (Å²) in [6.07, 6.45) is 2.49. The number of rotatable bonds is 2. The molecule has 1 aromatic carbocycles. The lowest BCUT2D eigenvalue weighted by atomic mass is 9.75. The number of ether oxygens (including phenoxy) is 1. The number of hydrogen-bond donors (Lipinski definition) is 2. The van der Waals surface area contributed by atoms with Crippen molar-refractivity contribution < 1.29 is 14.6 Å². The molecule has 1 unspecified atom stereocenters. The summed E-state index contributed by atoms with van der Waals surface area (Å²) >= 11 is 0. The topological polar surface area (TPSA) is 62.3 Å². The molecule has 2 aromatic rings. The lowest BCUT2D eigenvalue weighted by Crippen LogP contribution is -2.36. The minimum Gasteiger partial charge on any atom is -0.495 e. The fourth-order valence-electron chi connectivity index (χ4n) is 3.30. The van der Waals surface area contributed by atoms with Gasteiger partial charge in [-0.25, -0.2) is 0 Å². The fraction of sp³-hybridized carbons (Fsp3) is 0.438. The predicted molar refractivity (Wildman–Crippen MR) is 77.5 cm³/mol. The van der Waals surface area contributed by atoms with E-state index in [0.29, 0.717) is 6.42 Å². The van der Waals surface area contributed by atoms with Crippen LogP contribution < -0.4 is 4.74 Å². The van der Waals surface area contributed by atoms with Crippen LogP contribution in [0.15, 0.2) is 12.1 Å². The zero-order valence-corrected chi connectivity index (χ0v) is 12.0. The summed E-state index contributed by atoms with van der Waals surface area (Å²) in [5.74, 6) is 0.0165. The number of carboxylic acids is 1. The highest BCUT2D eigenvalue weighted by atomic mass is 16.5. The van der Waals surface area contributed by atoms with E-state index >= 15 is 0 Å². The second-order valence-corrected chi connectivity index (χ2v) is 5.86. The van der Waals surface area contributed by atoms with Gasteiger partial charge in [-0.3, -0.25) is 4.79 Å². The van der Waals surface area contributed by atoms with Gasteiger partial charge in [-0.15, -0.1) is 0 Å². The standard InChI is InChI=1S/C16H19NO3/c1-9-7-11-10-5-4-6-16(2,15(18)19)14(10)17-13(11)12(8-9)20-3/h7-8,17H,4-6H2,1-3H3,(H,18,19). The Hall–Kier alpha value is -1.97. The molecule has 0 spiro atoms. The highest BCUT2D eigenvalue weighted by Crippen LogP contribution is 2.42. The molecule has 0 saturated carbocycles. The number of benzene rings is 1. The van der Waals surface area contributed by atoms with Crippen molar-refractivity contribution in [1.29, 1.82) is 0 Å². The van der Waals surface area contributed by atoms with Crippen molar-refractivity contribution in [3.63, 3.8) is 0 Å². The van der Waals surface area contributed by atoms with E-state index in [0.717, 1.165) is 46.3 Å². The molecule has 4 nitrogen and oxygen atoms in total. The van der Waals surface area contributed by atoms with Crippen LogP contribution in [0.3, 0.4) is 0 Å². The first kappa shape index (κ1) is 13.0. The van der Waals surface area contributed by atoms with Crippen molar-refractivity contribution in [3.8, 4) is 5.75 Å². The van der Waals surface area contributed by atoms with Gasteiger partial charge in [-0.1, -0.05) is 0 Å². The highest BCUT2D eigenvalue weighted by Gasteiger charge is 2.41. The second-order valence-electron chi connectivity index (χ2n) is 5.86. The van der Waals surface area contributed by atoms with Crippen molar-refractivity contribution in [2.24, 2.45) is 0 Å². The van der Waals surface area contributed by atoms with Crippen LogP contribution in [0.1, 0.15) is 36.6 Å². The monoisotopic (exact) mass is 273 g/mol. The Balaban J connectivity index is 2.35. The van der Waals surface area contributed by atoms with E-state index in [1.807, 2.05) is 19.9 Å². The number of aromatic nitrogens is 1. The Morgan fingerprint density at radius 1 is 1.45 bits per heavy atom. The molecule has 0 amide bonds. The number of carboxylic acid groups (broad SMARTS) is 1. The number of nitrogens with one attached hydrogen (secondary N) is 1. The van der Waals surface area contributed by atoms with E-state index in [1.165, 1.54) is 0 Å². The summed E-state index contributed by atoms with van der Waals surface area (Å²) in [7, 11) is 1.64. The van der Waals surface area contributed by atoms with E-state index in [9.17, 15) is 9.90 Å². The molecule has 1 atom stereocenters. The number of H-pyrrole nitrogens is 1. The SMILES string of the molecule is COc1cc(C)cc2c3c([nH]c12)C(C)(C(=O)O)CCC3. The van der Waals surface area contributed by atoms with Gasteiger partial charge in [0.05, 0.1) is 12.6 Å². The van der Waals surface area contributed by atoms with E-state index in [1.54, 1.807) is 7.11 Å². The zero-order valence-electron chi connectivity index (χ0n) is 12.0. The summed E-state index contributed by atoms with van der Waals surface area (Å²) < 4.78 is 5.44. The number of aryl methyl sites for hydroxylation is 2. The maximum atomic E-state index is 11.7. The van der Waals surface area contributed by atoms with Gasteiger partial charge in [0, 0.05) is 11.1 Å². The average molecular weight is 273 g/mol. The Kier molecular flexibility index (Phi) is 2.78. The average Bonchev–Trinajstić information content (AvgIpc) is 2.78. The fourth-order valence-corrected chi connectivity index (χ4v) is 3.30. The molecular weight excluding hydrogens is 254 g/mol. The lowest BCUT2D eigenvalue weighted by Gasteiger charge is -2.29. The zero-order chi connectivity index (χ0) is 14.5. The summed E-state index contributed by atoms with van der Waals surface area (Å²) in [6.45, 7) is 3.84. The molecule has 2 N–H and O–H groups in total. The third-order valence-corrected chi connectivity index (χ3v) is 4.47. The van der Waals surface area contributed by atoms with Crippen molar-refractivity contribution in [2.45, 2.75) is 38.5 Å².